The normalized spacial score (nSPS) is 12.5. The molecule has 96 valence electrons. The van der Waals surface area contributed by atoms with E-state index in [1.807, 2.05) is 6.92 Å². The summed E-state index contributed by atoms with van der Waals surface area (Å²) in [6, 6.07) is 0. The first-order valence-electron chi connectivity index (χ1n) is 5.60. The molecule has 0 aliphatic rings. The van der Waals surface area contributed by atoms with Crippen LogP contribution in [0, 0.1) is 5.92 Å². The molecule has 0 radical (unpaired) electrons. The van der Waals surface area contributed by atoms with Crippen molar-refractivity contribution < 1.29 is 14.6 Å². The highest BCUT2D eigenvalue weighted by atomic mass is 16.5. The van der Waals surface area contributed by atoms with Gasteiger partial charge in [-0.05, 0) is 6.42 Å². The van der Waals surface area contributed by atoms with Gasteiger partial charge in [-0.15, -0.1) is 0 Å². The van der Waals surface area contributed by atoms with E-state index in [4.69, 9.17) is 15.6 Å². The van der Waals surface area contributed by atoms with Crippen LogP contribution in [0.25, 0.3) is 0 Å². The molecule has 1 atom stereocenters. The fourth-order valence-corrected chi connectivity index (χ4v) is 1.44. The Morgan fingerprint density at radius 2 is 2.29 bits per heavy atom. The van der Waals surface area contributed by atoms with Crippen molar-refractivity contribution in [2.45, 2.75) is 20.3 Å². The van der Waals surface area contributed by atoms with Crippen LogP contribution in [0.4, 0.5) is 5.69 Å². The molecule has 1 unspecified atom stereocenters. The molecule has 0 aliphatic heterocycles. The van der Waals surface area contributed by atoms with Gasteiger partial charge in [0.15, 0.2) is 5.69 Å². The molecule has 0 bridgehead atoms. The van der Waals surface area contributed by atoms with Gasteiger partial charge in [-0.3, -0.25) is 4.68 Å². The van der Waals surface area contributed by atoms with Crippen LogP contribution in [0.5, 0.6) is 0 Å². The molecule has 1 aromatic heterocycles. The molecule has 0 fully saturated rings. The molecule has 0 spiro atoms. The summed E-state index contributed by atoms with van der Waals surface area (Å²) in [5.41, 5.74) is 7.15. The number of carbonyl (C=O) groups is 1. The number of nitrogens with zero attached hydrogens (tertiary/aromatic N) is 2. The number of aliphatic hydroxyl groups is 1. The first-order valence-corrected chi connectivity index (χ1v) is 5.60. The van der Waals surface area contributed by atoms with Crippen LogP contribution < -0.4 is 5.73 Å². The fraction of sp³-hybridized carbons (Fsp3) is 0.636. The number of nitrogens with two attached hydrogens (primary N) is 1. The SMILES string of the molecule is CCc1nn(C)c(C(=O)OCC(C)CO)c1N. The average molecular weight is 241 g/mol. The number of anilines is 1. The zero-order valence-corrected chi connectivity index (χ0v) is 10.4. The second-order valence-electron chi connectivity index (χ2n) is 4.07. The van der Waals surface area contributed by atoms with Crippen molar-refractivity contribution in [1.82, 2.24) is 9.78 Å². The molecule has 17 heavy (non-hydrogen) atoms. The van der Waals surface area contributed by atoms with Crippen LogP contribution in [-0.2, 0) is 18.2 Å². The summed E-state index contributed by atoms with van der Waals surface area (Å²) in [5.74, 6) is -0.587. The molecule has 0 amide bonds. The Morgan fingerprint density at radius 3 is 2.76 bits per heavy atom. The van der Waals surface area contributed by atoms with Gasteiger partial charge in [0.25, 0.3) is 0 Å². The number of ether oxygens (including phenoxy) is 1. The highest BCUT2D eigenvalue weighted by Crippen LogP contribution is 2.18. The van der Waals surface area contributed by atoms with E-state index in [0.717, 1.165) is 0 Å². The molecule has 0 saturated heterocycles. The minimum absolute atomic E-state index is 0.0195. The van der Waals surface area contributed by atoms with Crippen molar-refractivity contribution >= 4 is 11.7 Å². The number of nitrogen functional groups attached to an aromatic ring is 1. The molecule has 6 nitrogen and oxygen atoms in total. The number of hydrogen-bond donors (Lipinski definition) is 2. The Labute approximate surface area is 100 Å². The van der Waals surface area contributed by atoms with Gasteiger partial charge in [-0.25, -0.2) is 4.79 Å². The molecule has 3 N–H and O–H groups in total. The standard InChI is InChI=1S/C11H19N3O3/c1-4-8-9(12)10(14(3)13-8)11(16)17-6-7(2)5-15/h7,15H,4-6,12H2,1-3H3. The number of carbonyl (C=O) groups excluding carboxylic acids is 1. The van der Waals surface area contributed by atoms with Gasteiger partial charge in [0.05, 0.1) is 18.0 Å². The number of hydrogen-bond acceptors (Lipinski definition) is 5. The van der Waals surface area contributed by atoms with Crippen LogP contribution in [0.2, 0.25) is 0 Å². The summed E-state index contributed by atoms with van der Waals surface area (Å²) >= 11 is 0. The molecular formula is C11H19N3O3. The molecule has 0 aliphatic carbocycles. The summed E-state index contributed by atoms with van der Waals surface area (Å²) in [6.07, 6.45) is 0.667. The third-order valence-corrected chi connectivity index (χ3v) is 2.50. The van der Waals surface area contributed by atoms with Crippen LogP contribution in [-0.4, -0.2) is 34.1 Å². The second kappa shape index (κ2) is 5.67. The lowest BCUT2D eigenvalue weighted by molar-refractivity contribution is 0.0394. The van der Waals surface area contributed by atoms with E-state index in [-0.39, 0.29) is 24.8 Å². The lowest BCUT2D eigenvalue weighted by atomic mass is 10.2. The number of aryl methyl sites for hydroxylation is 2. The highest BCUT2D eigenvalue weighted by molar-refractivity contribution is 5.93. The molecule has 1 heterocycles. The number of esters is 1. The van der Waals surface area contributed by atoms with Gasteiger partial charge >= 0.3 is 5.97 Å². The van der Waals surface area contributed by atoms with Gasteiger partial charge in [0.1, 0.15) is 0 Å². The zero-order chi connectivity index (χ0) is 13.0. The predicted octanol–water partition coefficient (Wildman–Crippen LogP) is 0.350. The lowest BCUT2D eigenvalue weighted by Crippen LogP contribution is -2.17. The number of aromatic nitrogens is 2. The van der Waals surface area contributed by atoms with Gasteiger partial charge in [-0.1, -0.05) is 13.8 Å². The second-order valence-corrected chi connectivity index (χ2v) is 4.07. The maximum absolute atomic E-state index is 11.8. The predicted molar refractivity (Wildman–Crippen MR) is 63.5 cm³/mol. The van der Waals surface area contributed by atoms with E-state index in [9.17, 15) is 4.79 Å². The van der Waals surface area contributed by atoms with E-state index in [2.05, 4.69) is 5.10 Å². The Kier molecular flexibility index (Phi) is 4.51. The average Bonchev–Trinajstić information content (AvgIpc) is 2.60. The summed E-state index contributed by atoms with van der Waals surface area (Å²) < 4.78 is 6.49. The van der Waals surface area contributed by atoms with Crippen LogP contribution in [0.15, 0.2) is 0 Å². The minimum atomic E-state index is -0.502. The van der Waals surface area contributed by atoms with Gasteiger partial charge < -0.3 is 15.6 Å². The van der Waals surface area contributed by atoms with Crippen LogP contribution in [0.3, 0.4) is 0 Å². The van der Waals surface area contributed by atoms with Crippen molar-refractivity contribution in [3.63, 3.8) is 0 Å². The first-order chi connectivity index (χ1) is 8.01. The summed E-state index contributed by atoms with van der Waals surface area (Å²) in [5, 5.41) is 13.0. The van der Waals surface area contributed by atoms with Gasteiger partial charge in [0, 0.05) is 19.6 Å². The van der Waals surface area contributed by atoms with E-state index in [1.165, 1.54) is 4.68 Å². The van der Waals surface area contributed by atoms with Crippen molar-refractivity contribution in [3.8, 4) is 0 Å². The van der Waals surface area contributed by atoms with E-state index >= 15 is 0 Å². The Hall–Kier alpha value is -1.56. The van der Waals surface area contributed by atoms with E-state index < -0.39 is 5.97 Å². The monoisotopic (exact) mass is 241 g/mol. The van der Waals surface area contributed by atoms with Gasteiger partial charge in [-0.2, -0.15) is 5.10 Å². The van der Waals surface area contributed by atoms with Crippen molar-refractivity contribution in [2.75, 3.05) is 18.9 Å². The maximum Gasteiger partial charge on any atom is 0.358 e. The van der Waals surface area contributed by atoms with Gasteiger partial charge in [0.2, 0.25) is 0 Å². The maximum atomic E-state index is 11.8. The first kappa shape index (κ1) is 13.5. The Balaban J connectivity index is 2.78. The lowest BCUT2D eigenvalue weighted by Gasteiger charge is -2.09. The number of aliphatic hydroxyl groups excluding tert-OH is 1. The molecular weight excluding hydrogens is 222 g/mol. The Morgan fingerprint density at radius 1 is 1.65 bits per heavy atom. The Bertz CT molecular complexity index is 401. The third kappa shape index (κ3) is 2.97. The smallest absolute Gasteiger partial charge is 0.358 e. The summed E-state index contributed by atoms with van der Waals surface area (Å²) in [4.78, 5) is 11.8. The molecule has 1 aromatic rings. The van der Waals surface area contributed by atoms with E-state index in [1.54, 1.807) is 14.0 Å². The molecule has 0 saturated carbocycles. The van der Waals surface area contributed by atoms with Crippen molar-refractivity contribution in [1.29, 1.82) is 0 Å². The highest BCUT2D eigenvalue weighted by Gasteiger charge is 2.20. The fourth-order valence-electron chi connectivity index (χ4n) is 1.44. The minimum Gasteiger partial charge on any atom is -0.461 e. The quantitative estimate of drug-likeness (QED) is 0.726. The van der Waals surface area contributed by atoms with E-state index in [0.29, 0.717) is 17.8 Å². The van der Waals surface area contributed by atoms with Crippen molar-refractivity contribution in [3.05, 3.63) is 11.4 Å². The zero-order valence-electron chi connectivity index (χ0n) is 10.4. The summed E-state index contributed by atoms with van der Waals surface area (Å²) in [6.45, 7) is 3.86. The molecule has 1 rings (SSSR count). The number of rotatable bonds is 5. The van der Waals surface area contributed by atoms with Crippen molar-refractivity contribution in [2.24, 2.45) is 13.0 Å². The molecule has 0 aromatic carbocycles. The van der Waals surface area contributed by atoms with Crippen LogP contribution >= 0.6 is 0 Å². The molecule has 6 heteroatoms. The largest absolute Gasteiger partial charge is 0.461 e. The topological polar surface area (TPSA) is 90.4 Å². The van der Waals surface area contributed by atoms with Crippen LogP contribution in [0.1, 0.15) is 30.0 Å². The summed E-state index contributed by atoms with van der Waals surface area (Å²) in [7, 11) is 1.65. The third-order valence-electron chi connectivity index (χ3n) is 2.50.